The van der Waals surface area contributed by atoms with Gasteiger partial charge in [0.05, 0.1) is 24.9 Å². The van der Waals surface area contributed by atoms with E-state index in [-0.39, 0.29) is 18.1 Å². The highest BCUT2D eigenvalue weighted by Crippen LogP contribution is 2.32. The molecule has 1 aliphatic rings. The molecule has 0 saturated carbocycles. The Balaban J connectivity index is 1.70. The molecule has 9 nitrogen and oxygen atoms in total. The minimum Gasteiger partial charge on any atom is -0.461 e. The zero-order valence-electron chi connectivity index (χ0n) is 16.0. The summed E-state index contributed by atoms with van der Waals surface area (Å²) in [6.45, 7) is 6.05. The first kappa shape index (κ1) is 18.1. The Kier molecular flexibility index (Phi) is 4.25. The predicted octanol–water partition coefficient (Wildman–Crippen LogP) is 1.84. The molecular formula is C19H19N5O4S. The number of hydrogen-bond donors (Lipinski definition) is 0. The molecule has 4 aromatic rings. The second-order valence-corrected chi connectivity index (χ2v) is 8.18. The van der Waals surface area contributed by atoms with Crippen LogP contribution in [-0.2, 0) is 16.1 Å². The lowest BCUT2D eigenvalue weighted by molar-refractivity contribution is -0.135. The molecule has 1 saturated heterocycles. The average molecular weight is 413 g/mol. The summed E-state index contributed by atoms with van der Waals surface area (Å²) < 4.78 is 13.5. The standard InChI is InChI=1S/C19H19N5O4S/c1-11-12(2)29-18-15(11)17-20-16(13-4-3-7-28-13)21-24(17)19(26)23(18)10-14(25)22-5-8-27-9-6-22/h3-4,7H,5-6,8-10H2,1-2H3. The molecule has 29 heavy (non-hydrogen) atoms. The lowest BCUT2D eigenvalue weighted by Gasteiger charge is -2.27. The summed E-state index contributed by atoms with van der Waals surface area (Å²) in [7, 11) is 0. The number of nitrogens with zero attached hydrogens (tertiary/aromatic N) is 5. The van der Waals surface area contributed by atoms with Crippen LogP contribution in [0.4, 0.5) is 0 Å². The van der Waals surface area contributed by atoms with Crippen LogP contribution in [0, 0.1) is 13.8 Å². The smallest absolute Gasteiger partial charge is 0.352 e. The SMILES string of the molecule is Cc1sc2c(c1C)c1nc(-c3ccco3)nn1c(=O)n2CC(=O)N1CCOCC1. The van der Waals surface area contributed by atoms with Crippen molar-refractivity contribution in [1.29, 1.82) is 0 Å². The molecule has 0 spiro atoms. The van der Waals surface area contributed by atoms with E-state index >= 15 is 0 Å². The maximum Gasteiger partial charge on any atom is 0.352 e. The minimum atomic E-state index is -0.388. The third kappa shape index (κ3) is 2.87. The van der Waals surface area contributed by atoms with Gasteiger partial charge in [-0.3, -0.25) is 9.36 Å². The van der Waals surface area contributed by atoms with Crippen molar-refractivity contribution in [3.8, 4) is 11.6 Å². The quantitative estimate of drug-likeness (QED) is 0.509. The first-order valence-electron chi connectivity index (χ1n) is 9.33. The number of rotatable bonds is 3. The number of thiophene rings is 1. The molecule has 5 heterocycles. The van der Waals surface area contributed by atoms with Crippen LogP contribution in [0.5, 0.6) is 0 Å². The normalized spacial score (nSPS) is 14.9. The number of carbonyl (C=O) groups excluding carboxylic acids is 1. The van der Waals surface area contributed by atoms with Gasteiger partial charge >= 0.3 is 5.69 Å². The number of fused-ring (bicyclic) bond motifs is 3. The molecule has 1 fully saturated rings. The zero-order chi connectivity index (χ0) is 20.1. The number of carbonyl (C=O) groups is 1. The van der Waals surface area contributed by atoms with Gasteiger partial charge in [-0.1, -0.05) is 0 Å². The second-order valence-electron chi connectivity index (χ2n) is 6.97. The van der Waals surface area contributed by atoms with E-state index in [0.717, 1.165) is 20.7 Å². The Morgan fingerprint density at radius 3 is 2.79 bits per heavy atom. The number of amides is 1. The van der Waals surface area contributed by atoms with Gasteiger partial charge in [0.25, 0.3) is 0 Å². The Morgan fingerprint density at radius 1 is 1.28 bits per heavy atom. The van der Waals surface area contributed by atoms with Crippen molar-refractivity contribution in [2.24, 2.45) is 0 Å². The van der Waals surface area contributed by atoms with Crippen molar-refractivity contribution >= 4 is 33.1 Å². The molecule has 0 bridgehead atoms. The Labute approximate surface area is 169 Å². The van der Waals surface area contributed by atoms with Crippen molar-refractivity contribution in [1.82, 2.24) is 24.1 Å². The van der Waals surface area contributed by atoms with Crippen LogP contribution in [0.25, 0.3) is 27.4 Å². The molecule has 0 atom stereocenters. The molecule has 4 aromatic heterocycles. The monoisotopic (exact) mass is 413 g/mol. The topological polar surface area (TPSA) is 94.9 Å². The maximum absolute atomic E-state index is 13.3. The van der Waals surface area contributed by atoms with Gasteiger partial charge in [-0.15, -0.1) is 16.4 Å². The van der Waals surface area contributed by atoms with Gasteiger partial charge in [0.15, 0.2) is 11.4 Å². The van der Waals surface area contributed by atoms with Gasteiger partial charge in [-0.05, 0) is 31.5 Å². The number of furan rings is 1. The summed E-state index contributed by atoms with van der Waals surface area (Å²) in [5, 5.41) is 5.21. The van der Waals surface area contributed by atoms with Crippen LogP contribution in [0.2, 0.25) is 0 Å². The fraction of sp³-hybridized carbons (Fsp3) is 0.368. The van der Waals surface area contributed by atoms with Gasteiger partial charge in [0.1, 0.15) is 11.4 Å². The van der Waals surface area contributed by atoms with E-state index in [1.165, 1.54) is 26.7 Å². The number of aromatic nitrogens is 4. The average Bonchev–Trinajstić information content (AvgIpc) is 3.45. The van der Waals surface area contributed by atoms with E-state index in [4.69, 9.17) is 9.15 Å². The summed E-state index contributed by atoms with van der Waals surface area (Å²) in [4.78, 5) is 34.2. The Bertz CT molecular complexity index is 1280. The van der Waals surface area contributed by atoms with Gasteiger partial charge in [-0.2, -0.15) is 4.52 Å². The van der Waals surface area contributed by atoms with Crippen molar-refractivity contribution in [3.05, 3.63) is 39.3 Å². The van der Waals surface area contributed by atoms with Gasteiger partial charge in [0.2, 0.25) is 11.7 Å². The molecule has 5 rings (SSSR count). The van der Waals surface area contributed by atoms with Gasteiger partial charge in [0, 0.05) is 18.0 Å². The van der Waals surface area contributed by atoms with Crippen LogP contribution >= 0.6 is 11.3 Å². The number of hydrogen-bond acceptors (Lipinski definition) is 7. The van der Waals surface area contributed by atoms with Crippen LogP contribution in [0.15, 0.2) is 27.6 Å². The lowest BCUT2D eigenvalue weighted by atomic mass is 10.2. The fourth-order valence-electron chi connectivity index (χ4n) is 3.57. The van der Waals surface area contributed by atoms with Gasteiger partial charge < -0.3 is 14.1 Å². The van der Waals surface area contributed by atoms with Crippen LogP contribution in [-0.4, -0.2) is 56.3 Å². The predicted molar refractivity (Wildman–Crippen MR) is 107 cm³/mol. The van der Waals surface area contributed by atoms with E-state index < -0.39 is 0 Å². The summed E-state index contributed by atoms with van der Waals surface area (Å²) in [6, 6.07) is 3.49. The van der Waals surface area contributed by atoms with E-state index in [1.54, 1.807) is 17.0 Å². The molecule has 1 aliphatic heterocycles. The van der Waals surface area contributed by atoms with Crippen molar-refractivity contribution < 1.29 is 13.9 Å². The summed E-state index contributed by atoms with van der Waals surface area (Å²) in [6.07, 6.45) is 1.54. The molecule has 150 valence electrons. The molecule has 0 aromatic carbocycles. The van der Waals surface area contributed by atoms with E-state index in [0.29, 0.717) is 43.5 Å². The van der Waals surface area contributed by atoms with Gasteiger partial charge in [-0.25, -0.2) is 9.78 Å². The Hall–Kier alpha value is -2.98. The van der Waals surface area contributed by atoms with Crippen molar-refractivity contribution in [2.45, 2.75) is 20.4 Å². The van der Waals surface area contributed by atoms with E-state index in [2.05, 4.69) is 10.1 Å². The zero-order valence-corrected chi connectivity index (χ0v) is 16.9. The molecular weight excluding hydrogens is 394 g/mol. The highest BCUT2D eigenvalue weighted by atomic mass is 32.1. The molecule has 1 amide bonds. The minimum absolute atomic E-state index is 0.0411. The largest absolute Gasteiger partial charge is 0.461 e. The Morgan fingerprint density at radius 2 is 2.07 bits per heavy atom. The molecule has 0 aliphatic carbocycles. The highest BCUT2D eigenvalue weighted by Gasteiger charge is 2.24. The molecule has 0 unspecified atom stereocenters. The van der Waals surface area contributed by atoms with Crippen LogP contribution < -0.4 is 5.69 Å². The summed E-state index contributed by atoms with van der Waals surface area (Å²) in [5.74, 6) is 0.724. The molecule has 0 N–H and O–H groups in total. The molecule has 0 radical (unpaired) electrons. The number of aryl methyl sites for hydroxylation is 2. The van der Waals surface area contributed by atoms with Crippen molar-refractivity contribution in [2.75, 3.05) is 26.3 Å². The maximum atomic E-state index is 13.3. The first-order valence-corrected chi connectivity index (χ1v) is 10.1. The van der Waals surface area contributed by atoms with E-state index in [1.807, 2.05) is 13.8 Å². The fourth-order valence-corrected chi connectivity index (χ4v) is 4.71. The first-order chi connectivity index (χ1) is 14.0. The highest BCUT2D eigenvalue weighted by molar-refractivity contribution is 7.19. The number of ether oxygens (including phenoxy) is 1. The summed E-state index contributed by atoms with van der Waals surface area (Å²) >= 11 is 1.49. The van der Waals surface area contributed by atoms with E-state index in [9.17, 15) is 9.59 Å². The van der Waals surface area contributed by atoms with Crippen LogP contribution in [0.1, 0.15) is 10.4 Å². The lowest BCUT2D eigenvalue weighted by Crippen LogP contribution is -2.44. The summed E-state index contributed by atoms with van der Waals surface area (Å²) in [5.41, 5.74) is 1.12. The van der Waals surface area contributed by atoms with Crippen molar-refractivity contribution in [3.63, 3.8) is 0 Å². The van der Waals surface area contributed by atoms with Crippen LogP contribution in [0.3, 0.4) is 0 Å². The second kappa shape index (κ2) is 6.82. The molecule has 10 heteroatoms. The number of morpholine rings is 1. The third-order valence-electron chi connectivity index (χ3n) is 5.25. The third-order valence-corrected chi connectivity index (χ3v) is 6.48.